The van der Waals surface area contributed by atoms with Crippen LogP contribution in [0.3, 0.4) is 0 Å². The van der Waals surface area contributed by atoms with Gasteiger partial charge in [0, 0.05) is 23.0 Å². The van der Waals surface area contributed by atoms with Gasteiger partial charge in [-0.1, -0.05) is 29.8 Å². The summed E-state index contributed by atoms with van der Waals surface area (Å²) in [4.78, 5) is 12.3. The molecule has 0 spiro atoms. The molecule has 0 heterocycles. The standard InChI is InChI=1S/C19H23BrN2O4S/c1-13-8-9-17(26-3)15(12-13)14(2)22-19(23)10-11-21-27(24,25)18-7-5-4-6-16(18)20/h4-9,12,14,21H,10-11H2,1-3H3,(H,22,23). The van der Waals surface area contributed by atoms with Crippen molar-refractivity contribution < 1.29 is 17.9 Å². The number of sulfonamides is 1. The second-order valence-corrected chi connectivity index (χ2v) is 8.70. The first-order chi connectivity index (χ1) is 12.7. The number of carbonyl (C=O) groups excluding carboxylic acids is 1. The molecule has 1 unspecified atom stereocenters. The fourth-order valence-corrected chi connectivity index (χ4v) is 4.66. The predicted octanol–water partition coefficient (Wildman–Crippen LogP) is 3.31. The van der Waals surface area contributed by atoms with Gasteiger partial charge in [-0.15, -0.1) is 0 Å². The topological polar surface area (TPSA) is 84.5 Å². The Hall–Kier alpha value is -1.90. The van der Waals surface area contributed by atoms with Crippen LogP contribution in [-0.4, -0.2) is 28.0 Å². The molecule has 0 radical (unpaired) electrons. The van der Waals surface area contributed by atoms with Crippen LogP contribution >= 0.6 is 15.9 Å². The largest absolute Gasteiger partial charge is 0.496 e. The number of nitrogens with one attached hydrogen (secondary N) is 2. The Bertz CT molecular complexity index is 916. The second-order valence-electron chi connectivity index (χ2n) is 6.11. The van der Waals surface area contributed by atoms with Crippen molar-refractivity contribution in [3.05, 3.63) is 58.1 Å². The first-order valence-corrected chi connectivity index (χ1v) is 10.7. The molecule has 0 fully saturated rings. The van der Waals surface area contributed by atoms with Gasteiger partial charge in [0.25, 0.3) is 0 Å². The maximum absolute atomic E-state index is 12.3. The van der Waals surface area contributed by atoms with Crippen molar-refractivity contribution in [2.45, 2.75) is 31.2 Å². The number of ether oxygens (including phenoxy) is 1. The SMILES string of the molecule is COc1ccc(C)cc1C(C)NC(=O)CCNS(=O)(=O)c1ccccc1Br. The zero-order valence-corrected chi connectivity index (χ0v) is 17.9. The lowest BCUT2D eigenvalue weighted by atomic mass is 10.0. The first kappa shape index (κ1) is 21.4. The van der Waals surface area contributed by atoms with Gasteiger partial charge in [-0.25, -0.2) is 13.1 Å². The van der Waals surface area contributed by atoms with E-state index in [0.29, 0.717) is 10.2 Å². The molecule has 6 nitrogen and oxygen atoms in total. The van der Waals surface area contributed by atoms with Crippen molar-refractivity contribution in [3.8, 4) is 5.75 Å². The van der Waals surface area contributed by atoms with Crippen molar-refractivity contribution in [2.24, 2.45) is 0 Å². The summed E-state index contributed by atoms with van der Waals surface area (Å²) in [6, 6.07) is 12.0. The number of aryl methyl sites for hydroxylation is 1. The van der Waals surface area contributed by atoms with E-state index in [1.54, 1.807) is 25.3 Å². The minimum atomic E-state index is -3.68. The summed E-state index contributed by atoms with van der Waals surface area (Å²) in [5, 5.41) is 2.87. The van der Waals surface area contributed by atoms with Crippen molar-refractivity contribution in [1.82, 2.24) is 10.0 Å². The van der Waals surface area contributed by atoms with E-state index in [4.69, 9.17) is 4.74 Å². The molecule has 1 atom stereocenters. The lowest BCUT2D eigenvalue weighted by Gasteiger charge is -2.18. The van der Waals surface area contributed by atoms with Gasteiger partial charge in [-0.05, 0) is 48.0 Å². The van der Waals surface area contributed by atoms with Gasteiger partial charge in [-0.3, -0.25) is 4.79 Å². The zero-order chi connectivity index (χ0) is 20.0. The van der Waals surface area contributed by atoms with Gasteiger partial charge in [0.1, 0.15) is 5.75 Å². The molecule has 0 saturated heterocycles. The lowest BCUT2D eigenvalue weighted by molar-refractivity contribution is -0.121. The molecule has 0 aliphatic carbocycles. The summed E-state index contributed by atoms with van der Waals surface area (Å²) in [5.41, 5.74) is 1.94. The van der Waals surface area contributed by atoms with Crippen molar-refractivity contribution in [1.29, 1.82) is 0 Å². The summed E-state index contributed by atoms with van der Waals surface area (Å²) in [7, 11) is -2.10. The maximum atomic E-state index is 12.3. The van der Waals surface area contributed by atoms with E-state index in [1.807, 2.05) is 32.0 Å². The van der Waals surface area contributed by atoms with Gasteiger partial charge in [-0.2, -0.15) is 0 Å². The van der Waals surface area contributed by atoms with E-state index < -0.39 is 10.0 Å². The van der Waals surface area contributed by atoms with Crippen LogP contribution in [0, 0.1) is 6.92 Å². The van der Waals surface area contributed by atoms with E-state index in [9.17, 15) is 13.2 Å². The molecule has 2 aromatic carbocycles. The molecular weight excluding hydrogens is 432 g/mol. The molecular formula is C19H23BrN2O4S. The third-order valence-electron chi connectivity index (χ3n) is 4.00. The molecule has 2 N–H and O–H groups in total. The molecule has 0 aliphatic heterocycles. The Balaban J connectivity index is 1.93. The molecule has 2 rings (SSSR count). The minimum absolute atomic E-state index is 0.00712. The van der Waals surface area contributed by atoms with Crippen molar-refractivity contribution in [3.63, 3.8) is 0 Å². The van der Waals surface area contributed by atoms with Crippen LogP contribution in [0.5, 0.6) is 5.75 Å². The summed E-state index contributed by atoms with van der Waals surface area (Å²) < 4.78 is 32.9. The van der Waals surface area contributed by atoms with E-state index in [-0.39, 0.29) is 29.8 Å². The Kier molecular flexibility index (Phi) is 7.41. The third-order valence-corrected chi connectivity index (χ3v) is 6.47. The number of halogens is 1. The number of hydrogen-bond donors (Lipinski definition) is 2. The van der Waals surface area contributed by atoms with Gasteiger partial charge in [0.2, 0.25) is 15.9 Å². The first-order valence-electron chi connectivity index (χ1n) is 8.42. The van der Waals surface area contributed by atoms with E-state index in [0.717, 1.165) is 11.1 Å². The van der Waals surface area contributed by atoms with Crippen LogP contribution in [0.2, 0.25) is 0 Å². The second kappa shape index (κ2) is 9.34. The monoisotopic (exact) mass is 454 g/mol. The van der Waals surface area contributed by atoms with Crippen LogP contribution in [0.15, 0.2) is 51.8 Å². The Labute approximate surface area is 168 Å². The summed E-state index contributed by atoms with van der Waals surface area (Å²) in [6.45, 7) is 3.83. The average molecular weight is 455 g/mol. The number of rotatable bonds is 8. The molecule has 8 heteroatoms. The van der Waals surface area contributed by atoms with Crippen LogP contribution < -0.4 is 14.8 Å². The maximum Gasteiger partial charge on any atom is 0.241 e. The minimum Gasteiger partial charge on any atom is -0.496 e. The lowest BCUT2D eigenvalue weighted by Crippen LogP contribution is -2.32. The summed E-state index contributed by atoms with van der Waals surface area (Å²) >= 11 is 3.22. The number of amides is 1. The average Bonchev–Trinajstić information content (AvgIpc) is 2.61. The van der Waals surface area contributed by atoms with Crippen LogP contribution in [-0.2, 0) is 14.8 Å². The smallest absolute Gasteiger partial charge is 0.241 e. The van der Waals surface area contributed by atoms with Crippen LogP contribution in [0.1, 0.15) is 30.5 Å². The van der Waals surface area contributed by atoms with E-state index in [2.05, 4.69) is 26.0 Å². The normalized spacial score (nSPS) is 12.4. The highest BCUT2D eigenvalue weighted by Crippen LogP contribution is 2.26. The predicted molar refractivity (Wildman–Crippen MR) is 108 cm³/mol. The highest BCUT2D eigenvalue weighted by atomic mass is 79.9. The van der Waals surface area contributed by atoms with E-state index >= 15 is 0 Å². The van der Waals surface area contributed by atoms with Crippen LogP contribution in [0.4, 0.5) is 0 Å². The highest BCUT2D eigenvalue weighted by Gasteiger charge is 2.18. The Morgan fingerprint density at radius 1 is 1.22 bits per heavy atom. The molecule has 0 aromatic heterocycles. The molecule has 27 heavy (non-hydrogen) atoms. The fourth-order valence-electron chi connectivity index (χ4n) is 2.62. The number of hydrogen-bond acceptors (Lipinski definition) is 4. The van der Waals surface area contributed by atoms with Gasteiger partial charge < -0.3 is 10.1 Å². The van der Waals surface area contributed by atoms with Crippen molar-refractivity contribution >= 4 is 31.9 Å². The molecule has 0 bridgehead atoms. The molecule has 146 valence electrons. The molecule has 1 amide bonds. The highest BCUT2D eigenvalue weighted by molar-refractivity contribution is 9.10. The summed E-state index contributed by atoms with van der Waals surface area (Å²) in [6.07, 6.45) is 0.0299. The Morgan fingerprint density at radius 2 is 1.93 bits per heavy atom. The van der Waals surface area contributed by atoms with Crippen molar-refractivity contribution in [2.75, 3.05) is 13.7 Å². The van der Waals surface area contributed by atoms with Crippen LogP contribution in [0.25, 0.3) is 0 Å². The van der Waals surface area contributed by atoms with Gasteiger partial charge in [0.15, 0.2) is 0 Å². The molecule has 0 aliphatic rings. The van der Waals surface area contributed by atoms with Gasteiger partial charge in [0.05, 0.1) is 18.0 Å². The number of carbonyl (C=O) groups is 1. The number of benzene rings is 2. The summed E-state index contributed by atoms with van der Waals surface area (Å²) in [5.74, 6) is 0.448. The Morgan fingerprint density at radius 3 is 2.59 bits per heavy atom. The molecule has 0 saturated carbocycles. The number of methoxy groups -OCH3 is 1. The molecule has 2 aromatic rings. The fraction of sp³-hybridized carbons (Fsp3) is 0.316. The third kappa shape index (κ3) is 5.79. The van der Waals surface area contributed by atoms with Gasteiger partial charge >= 0.3 is 0 Å². The van der Waals surface area contributed by atoms with E-state index in [1.165, 1.54) is 6.07 Å². The zero-order valence-electron chi connectivity index (χ0n) is 15.5. The quantitative estimate of drug-likeness (QED) is 0.640.